The van der Waals surface area contributed by atoms with Crippen molar-refractivity contribution in [3.05, 3.63) is 71.3 Å². The van der Waals surface area contributed by atoms with Gasteiger partial charge < -0.3 is 5.32 Å². The molecule has 3 rings (SSSR count). The van der Waals surface area contributed by atoms with E-state index in [1.807, 2.05) is 0 Å². The predicted molar refractivity (Wildman–Crippen MR) is 89.6 cm³/mol. The molecule has 0 saturated heterocycles. The molecule has 0 amide bonds. The molecule has 1 saturated carbocycles. The standard InChI is InChI=1S/C20H25N/c1-3-7-16-10-12-17(13-11-16)15(2)21-20-14-19(20)18-8-5-4-6-9-18/h4-6,8-13,15,19-21H,3,7,14H2,1-2H3. The minimum Gasteiger partial charge on any atom is -0.307 e. The van der Waals surface area contributed by atoms with Gasteiger partial charge in [-0.05, 0) is 36.5 Å². The molecule has 1 aliphatic carbocycles. The molecule has 3 unspecified atom stereocenters. The van der Waals surface area contributed by atoms with E-state index in [1.54, 1.807) is 0 Å². The second kappa shape index (κ2) is 6.44. The quantitative estimate of drug-likeness (QED) is 0.797. The van der Waals surface area contributed by atoms with Crippen molar-refractivity contribution in [2.24, 2.45) is 0 Å². The third-order valence-electron chi connectivity index (χ3n) is 4.50. The largest absolute Gasteiger partial charge is 0.307 e. The third kappa shape index (κ3) is 3.54. The summed E-state index contributed by atoms with van der Waals surface area (Å²) < 4.78 is 0. The van der Waals surface area contributed by atoms with Crippen molar-refractivity contribution in [2.45, 2.75) is 51.1 Å². The average molecular weight is 279 g/mol. The molecule has 0 bridgehead atoms. The van der Waals surface area contributed by atoms with Crippen LogP contribution in [0.2, 0.25) is 0 Å². The minimum absolute atomic E-state index is 0.430. The summed E-state index contributed by atoms with van der Waals surface area (Å²) in [5, 5.41) is 3.77. The predicted octanol–water partition coefficient (Wildman–Crippen LogP) is 4.85. The van der Waals surface area contributed by atoms with Crippen LogP contribution >= 0.6 is 0 Å². The fraction of sp³-hybridized carbons (Fsp3) is 0.400. The highest BCUT2D eigenvalue weighted by Gasteiger charge is 2.38. The van der Waals surface area contributed by atoms with Crippen LogP contribution in [-0.2, 0) is 6.42 Å². The minimum atomic E-state index is 0.430. The fourth-order valence-corrected chi connectivity index (χ4v) is 3.13. The summed E-state index contributed by atoms with van der Waals surface area (Å²) in [5.41, 5.74) is 4.32. The van der Waals surface area contributed by atoms with Crippen LogP contribution in [0.25, 0.3) is 0 Å². The molecule has 0 aliphatic heterocycles. The molecule has 3 atom stereocenters. The molecule has 21 heavy (non-hydrogen) atoms. The second-order valence-electron chi connectivity index (χ2n) is 6.24. The summed E-state index contributed by atoms with van der Waals surface area (Å²) in [6.45, 7) is 4.50. The van der Waals surface area contributed by atoms with Crippen molar-refractivity contribution in [2.75, 3.05) is 0 Å². The smallest absolute Gasteiger partial charge is 0.0294 e. The molecule has 1 nitrogen and oxygen atoms in total. The van der Waals surface area contributed by atoms with E-state index >= 15 is 0 Å². The summed E-state index contributed by atoms with van der Waals surface area (Å²) in [6, 6.07) is 21.0. The van der Waals surface area contributed by atoms with Gasteiger partial charge in [0.1, 0.15) is 0 Å². The molecule has 0 spiro atoms. The summed E-state index contributed by atoms with van der Waals surface area (Å²) in [7, 11) is 0. The van der Waals surface area contributed by atoms with Gasteiger partial charge >= 0.3 is 0 Å². The van der Waals surface area contributed by atoms with Crippen molar-refractivity contribution in [1.82, 2.24) is 5.32 Å². The van der Waals surface area contributed by atoms with Crippen molar-refractivity contribution >= 4 is 0 Å². The van der Waals surface area contributed by atoms with Gasteiger partial charge in [0.05, 0.1) is 0 Å². The number of aryl methyl sites for hydroxylation is 1. The first-order valence-corrected chi connectivity index (χ1v) is 8.17. The van der Waals surface area contributed by atoms with E-state index in [4.69, 9.17) is 0 Å². The van der Waals surface area contributed by atoms with E-state index < -0.39 is 0 Å². The van der Waals surface area contributed by atoms with Gasteiger partial charge in [-0.1, -0.05) is 67.9 Å². The fourth-order valence-electron chi connectivity index (χ4n) is 3.13. The van der Waals surface area contributed by atoms with E-state index in [2.05, 4.69) is 73.8 Å². The lowest BCUT2D eigenvalue weighted by atomic mass is 10.0. The number of nitrogens with one attached hydrogen (secondary N) is 1. The zero-order valence-electron chi connectivity index (χ0n) is 13.0. The molecule has 1 aliphatic rings. The van der Waals surface area contributed by atoms with Crippen LogP contribution in [-0.4, -0.2) is 6.04 Å². The van der Waals surface area contributed by atoms with Gasteiger partial charge in [0.25, 0.3) is 0 Å². The van der Waals surface area contributed by atoms with Crippen LogP contribution in [0.15, 0.2) is 54.6 Å². The Balaban J connectivity index is 1.56. The molecule has 0 heterocycles. The third-order valence-corrected chi connectivity index (χ3v) is 4.50. The molecule has 0 aromatic heterocycles. The average Bonchev–Trinajstić information content (AvgIpc) is 3.28. The van der Waals surface area contributed by atoms with Gasteiger partial charge in [0.2, 0.25) is 0 Å². The van der Waals surface area contributed by atoms with Crippen LogP contribution in [0, 0.1) is 0 Å². The van der Waals surface area contributed by atoms with E-state index in [0.29, 0.717) is 18.0 Å². The zero-order chi connectivity index (χ0) is 14.7. The van der Waals surface area contributed by atoms with Gasteiger partial charge in [0.15, 0.2) is 0 Å². The van der Waals surface area contributed by atoms with Crippen LogP contribution < -0.4 is 5.32 Å². The summed E-state index contributed by atoms with van der Waals surface area (Å²) in [4.78, 5) is 0. The molecule has 1 N–H and O–H groups in total. The highest BCUT2D eigenvalue weighted by atomic mass is 15.0. The first kappa shape index (κ1) is 14.3. The SMILES string of the molecule is CCCc1ccc(C(C)NC2CC2c2ccccc2)cc1. The monoisotopic (exact) mass is 279 g/mol. The van der Waals surface area contributed by atoms with Gasteiger partial charge in [0, 0.05) is 18.0 Å². The highest BCUT2D eigenvalue weighted by Crippen LogP contribution is 2.41. The molecule has 2 aromatic carbocycles. The number of rotatable bonds is 6. The Labute approximate surface area is 128 Å². The van der Waals surface area contributed by atoms with Crippen molar-refractivity contribution in [1.29, 1.82) is 0 Å². The molecular formula is C20H25N. The van der Waals surface area contributed by atoms with E-state index in [0.717, 1.165) is 0 Å². The van der Waals surface area contributed by atoms with Crippen LogP contribution in [0.1, 0.15) is 55.3 Å². The number of hydrogen-bond acceptors (Lipinski definition) is 1. The summed E-state index contributed by atoms with van der Waals surface area (Å²) >= 11 is 0. The van der Waals surface area contributed by atoms with Crippen molar-refractivity contribution in [3.63, 3.8) is 0 Å². The molecule has 1 heteroatoms. The maximum atomic E-state index is 3.77. The Hall–Kier alpha value is -1.60. The van der Waals surface area contributed by atoms with Crippen LogP contribution in [0.4, 0.5) is 0 Å². The number of benzene rings is 2. The second-order valence-corrected chi connectivity index (χ2v) is 6.24. The van der Waals surface area contributed by atoms with E-state index in [-0.39, 0.29) is 0 Å². The van der Waals surface area contributed by atoms with Gasteiger partial charge in [-0.3, -0.25) is 0 Å². The van der Waals surface area contributed by atoms with E-state index in [9.17, 15) is 0 Å². The van der Waals surface area contributed by atoms with Crippen molar-refractivity contribution in [3.8, 4) is 0 Å². The highest BCUT2D eigenvalue weighted by molar-refractivity contribution is 5.29. The Morgan fingerprint density at radius 2 is 1.76 bits per heavy atom. The maximum Gasteiger partial charge on any atom is 0.0294 e. The van der Waals surface area contributed by atoms with Gasteiger partial charge in [-0.25, -0.2) is 0 Å². The molecule has 2 aromatic rings. The number of hydrogen-bond donors (Lipinski definition) is 1. The topological polar surface area (TPSA) is 12.0 Å². The molecular weight excluding hydrogens is 254 g/mol. The first-order valence-electron chi connectivity index (χ1n) is 8.17. The maximum absolute atomic E-state index is 3.77. The summed E-state index contributed by atoms with van der Waals surface area (Å²) in [6.07, 6.45) is 3.66. The normalized spacial score (nSPS) is 22.0. The lowest BCUT2D eigenvalue weighted by Crippen LogP contribution is -2.22. The zero-order valence-corrected chi connectivity index (χ0v) is 13.0. The Kier molecular flexibility index (Phi) is 4.40. The lowest BCUT2D eigenvalue weighted by molar-refractivity contribution is 0.562. The molecule has 110 valence electrons. The summed E-state index contributed by atoms with van der Waals surface area (Å²) in [5.74, 6) is 0.702. The molecule has 0 radical (unpaired) electrons. The van der Waals surface area contributed by atoms with Gasteiger partial charge in [-0.15, -0.1) is 0 Å². The lowest BCUT2D eigenvalue weighted by Gasteiger charge is -2.15. The van der Waals surface area contributed by atoms with Crippen LogP contribution in [0.5, 0.6) is 0 Å². The Bertz CT molecular complexity index is 558. The van der Waals surface area contributed by atoms with Crippen LogP contribution in [0.3, 0.4) is 0 Å². The Morgan fingerprint density at radius 3 is 2.43 bits per heavy atom. The first-order chi connectivity index (χ1) is 10.3. The Morgan fingerprint density at radius 1 is 1.05 bits per heavy atom. The van der Waals surface area contributed by atoms with Crippen molar-refractivity contribution < 1.29 is 0 Å². The van der Waals surface area contributed by atoms with Gasteiger partial charge in [-0.2, -0.15) is 0 Å². The molecule has 1 fully saturated rings. The van der Waals surface area contributed by atoms with E-state index in [1.165, 1.54) is 36.0 Å².